The number of ether oxygens (including phenoxy) is 1. The number of esters is 1. The van der Waals surface area contributed by atoms with Crippen LogP contribution in [0.1, 0.15) is 19.3 Å². The largest absolute Gasteiger partial charge is 0.469 e. The molecule has 0 aromatic rings. The highest BCUT2D eigenvalue weighted by Gasteiger charge is 2.18. The van der Waals surface area contributed by atoms with Crippen molar-refractivity contribution >= 4 is 5.97 Å². The Labute approximate surface area is 85.6 Å². The molecular formula is C10H20N2O2. The van der Waals surface area contributed by atoms with Crippen molar-refractivity contribution in [3.8, 4) is 0 Å². The van der Waals surface area contributed by atoms with Crippen molar-refractivity contribution in [2.24, 2.45) is 0 Å². The number of carbonyl (C=O) groups excluding carboxylic acids is 1. The van der Waals surface area contributed by atoms with E-state index in [1.165, 1.54) is 13.5 Å². The lowest BCUT2D eigenvalue weighted by Crippen LogP contribution is -2.34. The number of methoxy groups -OCH3 is 1. The van der Waals surface area contributed by atoms with Crippen molar-refractivity contribution in [2.45, 2.75) is 25.3 Å². The van der Waals surface area contributed by atoms with Crippen LogP contribution in [0.3, 0.4) is 0 Å². The van der Waals surface area contributed by atoms with Crippen molar-refractivity contribution in [3.63, 3.8) is 0 Å². The lowest BCUT2D eigenvalue weighted by atomic mass is 10.2. The molecule has 1 fully saturated rings. The molecule has 1 N–H and O–H groups in total. The quantitative estimate of drug-likeness (QED) is 0.645. The second-order valence-corrected chi connectivity index (χ2v) is 3.81. The van der Waals surface area contributed by atoms with E-state index < -0.39 is 0 Å². The molecule has 0 aromatic heterocycles. The zero-order valence-electron chi connectivity index (χ0n) is 9.08. The summed E-state index contributed by atoms with van der Waals surface area (Å²) in [5.41, 5.74) is 0. The Hall–Kier alpha value is -0.610. The first kappa shape index (κ1) is 11.5. The highest BCUT2D eigenvalue weighted by molar-refractivity contribution is 5.69. The van der Waals surface area contributed by atoms with Crippen LogP contribution in [0.2, 0.25) is 0 Å². The molecule has 0 amide bonds. The molecule has 1 rings (SSSR count). The molecule has 1 atom stereocenters. The molecule has 1 aliphatic heterocycles. The minimum atomic E-state index is -0.108. The van der Waals surface area contributed by atoms with Gasteiger partial charge in [-0.25, -0.2) is 0 Å². The third-order valence-electron chi connectivity index (χ3n) is 2.78. The van der Waals surface area contributed by atoms with E-state index in [2.05, 4.69) is 22.0 Å². The Morgan fingerprint density at radius 2 is 2.43 bits per heavy atom. The van der Waals surface area contributed by atoms with Crippen LogP contribution < -0.4 is 5.32 Å². The summed E-state index contributed by atoms with van der Waals surface area (Å²) in [6.45, 7) is 3.17. The maximum atomic E-state index is 10.9. The highest BCUT2D eigenvalue weighted by Crippen LogP contribution is 2.07. The predicted octanol–water partition coefficient (Wildman–Crippen LogP) is 0.233. The topological polar surface area (TPSA) is 41.6 Å². The van der Waals surface area contributed by atoms with Gasteiger partial charge in [-0.2, -0.15) is 0 Å². The number of rotatable bonds is 5. The van der Waals surface area contributed by atoms with Crippen LogP contribution in [0.25, 0.3) is 0 Å². The number of likely N-dealkylation sites (N-methyl/N-ethyl adjacent to an activating group) is 1. The first-order chi connectivity index (χ1) is 6.74. The van der Waals surface area contributed by atoms with Crippen molar-refractivity contribution in [1.82, 2.24) is 10.2 Å². The average Bonchev–Trinajstić information content (AvgIpc) is 2.70. The third-order valence-corrected chi connectivity index (χ3v) is 2.78. The molecule has 0 spiro atoms. The van der Waals surface area contributed by atoms with Crippen LogP contribution in [0.5, 0.6) is 0 Å². The zero-order valence-corrected chi connectivity index (χ0v) is 9.08. The standard InChI is InChI=1S/C10H20N2O2/c1-12(9-5-6-11-8-9)7-3-4-10(13)14-2/h9,11H,3-8H2,1-2H3. The van der Waals surface area contributed by atoms with E-state index >= 15 is 0 Å². The van der Waals surface area contributed by atoms with Crippen LogP contribution in [-0.2, 0) is 9.53 Å². The number of nitrogens with zero attached hydrogens (tertiary/aromatic N) is 1. The molecule has 0 saturated carbocycles. The van der Waals surface area contributed by atoms with E-state index in [1.54, 1.807) is 0 Å². The molecule has 1 saturated heterocycles. The van der Waals surface area contributed by atoms with Gasteiger partial charge in [0.25, 0.3) is 0 Å². The molecule has 0 aliphatic carbocycles. The summed E-state index contributed by atoms with van der Waals surface area (Å²) in [5, 5.41) is 3.33. The smallest absolute Gasteiger partial charge is 0.305 e. The maximum Gasteiger partial charge on any atom is 0.305 e. The summed E-state index contributed by atoms with van der Waals surface area (Å²) in [7, 11) is 3.56. The zero-order chi connectivity index (χ0) is 10.4. The molecular weight excluding hydrogens is 180 g/mol. The van der Waals surface area contributed by atoms with Crippen molar-refractivity contribution in [2.75, 3.05) is 33.8 Å². The van der Waals surface area contributed by atoms with Gasteiger partial charge in [-0.1, -0.05) is 0 Å². The molecule has 0 bridgehead atoms. The van der Waals surface area contributed by atoms with E-state index in [0.29, 0.717) is 12.5 Å². The van der Waals surface area contributed by atoms with Gasteiger partial charge in [0.05, 0.1) is 7.11 Å². The summed E-state index contributed by atoms with van der Waals surface area (Å²) in [5.74, 6) is -0.108. The lowest BCUT2D eigenvalue weighted by molar-refractivity contribution is -0.140. The Balaban J connectivity index is 2.08. The van der Waals surface area contributed by atoms with Gasteiger partial charge in [0.1, 0.15) is 0 Å². The summed E-state index contributed by atoms with van der Waals surface area (Å²) < 4.78 is 4.59. The van der Waals surface area contributed by atoms with Gasteiger partial charge in [0.2, 0.25) is 0 Å². The second kappa shape index (κ2) is 5.98. The van der Waals surface area contributed by atoms with E-state index in [-0.39, 0.29) is 5.97 Å². The normalized spacial score (nSPS) is 21.5. The van der Waals surface area contributed by atoms with Crippen molar-refractivity contribution in [3.05, 3.63) is 0 Å². The maximum absolute atomic E-state index is 10.9. The van der Waals surface area contributed by atoms with Gasteiger partial charge in [-0.3, -0.25) is 4.79 Å². The minimum absolute atomic E-state index is 0.108. The fourth-order valence-corrected chi connectivity index (χ4v) is 1.77. The number of nitrogens with one attached hydrogen (secondary N) is 1. The van der Waals surface area contributed by atoms with Gasteiger partial charge in [-0.05, 0) is 33.0 Å². The second-order valence-electron chi connectivity index (χ2n) is 3.81. The van der Waals surface area contributed by atoms with Crippen LogP contribution >= 0.6 is 0 Å². The van der Waals surface area contributed by atoms with Crippen molar-refractivity contribution in [1.29, 1.82) is 0 Å². The molecule has 4 nitrogen and oxygen atoms in total. The molecule has 82 valence electrons. The summed E-state index contributed by atoms with van der Waals surface area (Å²) in [6, 6.07) is 0.646. The Morgan fingerprint density at radius 1 is 1.64 bits per heavy atom. The highest BCUT2D eigenvalue weighted by atomic mass is 16.5. The minimum Gasteiger partial charge on any atom is -0.469 e. The Bertz CT molecular complexity index is 179. The van der Waals surface area contributed by atoms with Gasteiger partial charge in [0, 0.05) is 19.0 Å². The van der Waals surface area contributed by atoms with Gasteiger partial charge >= 0.3 is 5.97 Å². The van der Waals surface area contributed by atoms with Gasteiger partial charge < -0.3 is 15.0 Å². The summed E-state index contributed by atoms with van der Waals surface area (Å²) in [6.07, 6.45) is 2.63. The van der Waals surface area contributed by atoms with Crippen molar-refractivity contribution < 1.29 is 9.53 Å². The molecule has 4 heteroatoms. The van der Waals surface area contributed by atoms with Crippen LogP contribution in [0.15, 0.2) is 0 Å². The van der Waals surface area contributed by atoms with E-state index in [4.69, 9.17) is 0 Å². The van der Waals surface area contributed by atoms with Crippen LogP contribution in [0, 0.1) is 0 Å². The van der Waals surface area contributed by atoms with Crippen LogP contribution in [0.4, 0.5) is 0 Å². The SMILES string of the molecule is COC(=O)CCCN(C)C1CCNC1. The summed E-state index contributed by atoms with van der Waals surface area (Å²) >= 11 is 0. The molecule has 1 aliphatic rings. The molecule has 1 heterocycles. The number of hydrogen-bond donors (Lipinski definition) is 1. The number of carbonyl (C=O) groups is 1. The average molecular weight is 200 g/mol. The Morgan fingerprint density at radius 3 is 3.00 bits per heavy atom. The van der Waals surface area contributed by atoms with Gasteiger partial charge in [-0.15, -0.1) is 0 Å². The van der Waals surface area contributed by atoms with Crippen LogP contribution in [-0.4, -0.2) is 50.7 Å². The summed E-state index contributed by atoms with van der Waals surface area (Å²) in [4.78, 5) is 13.2. The first-order valence-corrected chi connectivity index (χ1v) is 5.22. The van der Waals surface area contributed by atoms with E-state index in [0.717, 1.165) is 26.1 Å². The fourth-order valence-electron chi connectivity index (χ4n) is 1.77. The van der Waals surface area contributed by atoms with Gasteiger partial charge in [0.15, 0.2) is 0 Å². The number of hydrogen-bond acceptors (Lipinski definition) is 4. The van der Waals surface area contributed by atoms with E-state index in [9.17, 15) is 4.79 Å². The Kier molecular flexibility index (Phi) is 4.90. The first-order valence-electron chi connectivity index (χ1n) is 5.22. The molecule has 0 aromatic carbocycles. The molecule has 0 radical (unpaired) electrons. The third kappa shape index (κ3) is 3.64. The molecule has 1 unspecified atom stereocenters. The predicted molar refractivity (Wildman–Crippen MR) is 55.2 cm³/mol. The molecule has 14 heavy (non-hydrogen) atoms. The van der Waals surface area contributed by atoms with E-state index in [1.807, 2.05) is 0 Å². The monoisotopic (exact) mass is 200 g/mol. The fraction of sp³-hybridized carbons (Fsp3) is 0.900. The lowest BCUT2D eigenvalue weighted by Gasteiger charge is -2.22.